The molecule has 0 atom stereocenters. The monoisotopic (exact) mass is 626 g/mol. The summed E-state index contributed by atoms with van der Waals surface area (Å²) in [6, 6.07) is 55.2. The molecule has 0 radical (unpaired) electrons. The summed E-state index contributed by atoms with van der Waals surface area (Å²) in [5.74, 6) is 0.828. The molecule has 3 heteroatoms. The molecule has 0 unspecified atom stereocenters. The Balaban J connectivity index is 1.35. The van der Waals surface area contributed by atoms with Crippen LogP contribution < -0.4 is 0 Å². The predicted octanol–water partition coefficient (Wildman–Crippen LogP) is 13.5. The Morgan fingerprint density at radius 1 is 0.286 bits per heavy atom. The minimum Gasteiger partial charge on any atom is -0.456 e. The van der Waals surface area contributed by atoms with Crippen LogP contribution in [0.3, 0.4) is 0 Å². The lowest BCUT2D eigenvalue weighted by molar-refractivity contribution is 0.631. The first-order chi connectivity index (χ1) is 24.3. The summed E-state index contributed by atoms with van der Waals surface area (Å²) >= 11 is 0. The lowest BCUT2D eigenvalue weighted by atomic mass is 9.83. The lowest BCUT2D eigenvalue weighted by Crippen LogP contribution is -1.92. The lowest BCUT2D eigenvalue weighted by Gasteiger charge is -2.18. The van der Waals surface area contributed by atoms with Crippen LogP contribution in [0.5, 0.6) is 0 Å². The largest absolute Gasteiger partial charge is 0.456 e. The van der Waals surface area contributed by atoms with E-state index < -0.39 is 0 Å². The minimum atomic E-state index is 0.798. The highest BCUT2D eigenvalue weighted by Crippen LogP contribution is 2.52. The van der Waals surface area contributed by atoms with Gasteiger partial charge in [0, 0.05) is 38.2 Å². The summed E-state index contributed by atoms with van der Waals surface area (Å²) in [5, 5.41) is 10.0. The Kier molecular flexibility index (Phi) is 5.38. The van der Waals surface area contributed by atoms with Crippen molar-refractivity contribution in [1.82, 2.24) is 0 Å². The molecule has 0 bridgehead atoms. The first kappa shape index (κ1) is 26.5. The maximum atomic E-state index is 6.88. The quantitative estimate of drug-likeness (QED) is 0.183. The van der Waals surface area contributed by atoms with Crippen molar-refractivity contribution >= 4 is 76.4 Å². The van der Waals surface area contributed by atoms with Crippen LogP contribution in [0.4, 0.5) is 0 Å². The van der Waals surface area contributed by atoms with E-state index in [9.17, 15) is 0 Å². The van der Waals surface area contributed by atoms with E-state index in [0.717, 1.165) is 93.6 Å². The number of fused-ring (bicyclic) bond motifs is 10. The fourth-order valence-corrected chi connectivity index (χ4v) is 8.07. The van der Waals surface area contributed by atoms with Gasteiger partial charge in [0.15, 0.2) is 0 Å². The summed E-state index contributed by atoms with van der Waals surface area (Å²) in [5.41, 5.74) is 9.81. The Bertz CT molecular complexity index is 3040. The van der Waals surface area contributed by atoms with Crippen molar-refractivity contribution in [3.63, 3.8) is 0 Å². The fourth-order valence-electron chi connectivity index (χ4n) is 8.07. The Morgan fingerprint density at radius 2 is 0.837 bits per heavy atom. The highest BCUT2D eigenvalue weighted by atomic mass is 16.3. The average molecular weight is 627 g/mol. The number of hydrogen-bond acceptors (Lipinski definition) is 3. The van der Waals surface area contributed by atoms with Crippen LogP contribution in [0.2, 0.25) is 0 Å². The van der Waals surface area contributed by atoms with E-state index in [-0.39, 0.29) is 0 Å². The van der Waals surface area contributed by atoms with Crippen LogP contribution in [0.25, 0.3) is 110 Å². The van der Waals surface area contributed by atoms with Gasteiger partial charge in [-0.1, -0.05) is 127 Å². The molecule has 0 fully saturated rings. The number of furan rings is 3. The van der Waals surface area contributed by atoms with Gasteiger partial charge in [-0.05, 0) is 63.0 Å². The maximum Gasteiger partial charge on any atom is 0.147 e. The number of rotatable bonds is 3. The second-order valence-electron chi connectivity index (χ2n) is 12.7. The van der Waals surface area contributed by atoms with Crippen molar-refractivity contribution in [3.05, 3.63) is 158 Å². The molecule has 0 amide bonds. The fraction of sp³-hybridized carbons (Fsp3) is 0. The summed E-state index contributed by atoms with van der Waals surface area (Å²) in [6.45, 7) is 0. The second kappa shape index (κ2) is 9.96. The molecule has 228 valence electrons. The third-order valence-corrected chi connectivity index (χ3v) is 10.1. The highest BCUT2D eigenvalue weighted by molar-refractivity contribution is 6.30. The van der Waals surface area contributed by atoms with Crippen LogP contribution in [0.15, 0.2) is 171 Å². The number of benzene rings is 8. The molecule has 0 spiro atoms. The van der Waals surface area contributed by atoms with Crippen LogP contribution in [-0.2, 0) is 0 Å². The molecule has 3 heterocycles. The van der Waals surface area contributed by atoms with Gasteiger partial charge in [0.25, 0.3) is 0 Å². The predicted molar refractivity (Wildman–Crippen MR) is 202 cm³/mol. The van der Waals surface area contributed by atoms with Crippen molar-refractivity contribution in [2.24, 2.45) is 0 Å². The van der Waals surface area contributed by atoms with Crippen LogP contribution >= 0.6 is 0 Å². The molecule has 8 aromatic carbocycles. The van der Waals surface area contributed by atoms with Gasteiger partial charge in [-0.2, -0.15) is 0 Å². The van der Waals surface area contributed by atoms with E-state index in [2.05, 4.69) is 127 Å². The van der Waals surface area contributed by atoms with Gasteiger partial charge in [-0.15, -0.1) is 0 Å². The van der Waals surface area contributed by atoms with E-state index >= 15 is 0 Å². The first-order valence-electron chi connectivity index (χ1n) is 16.6. The molecule has 3 aromatic heterocycles. The zero-order chi connectivity index (χ0) is 32.1. The summed E-state index contributed by atoms with van der Waals surface area (Å²) in [4.78, 5) is 0. The molecule has 11 aromatic rings. The van der Waals surface area contributed by atoms with Crippen molar-refractivity contribution in [1.29, 1.82) is 0 Å². The molecule has 0 aliphatic carbocycles. The van der Waals surface area contributed by atoms with E-state index in [4.69, 9.17) is 13.3 Å². The topological polar surface area (TPSA) is 39.4 Å². The molecule has 3 nitrogen and oxygen atoms in total. The van der Waals surface area contributed by atoms with Crippen molar-refractivity contribution < 1.29 is 13.3 Å². The van der Waals surface area contributed by atoms with E-state index in [0.29, 0.717) is 0 Å². The number of hydrogen-bond donors (Lipinski definition) is 0. The van der Waals surface area contributed by atoms with Crippen molar-refractivity contribution in [2.45, 2.75) is 0 Å². The van der Waals surface area contributed by atoms with Gasteiger partial charge in [0.1, 0.15) is 33.7 Å². The van der Waals surface area contributed by atoms with E-state index in [1.54, 1.807) is 0 Å². The van der Waals surface area contributed by atoms with Gasteiger partial charge < -0.3 is 13.3 Å². The Morgan fingerprint density at radius 3 is 1.55 bits per heavy atom. The summed E-state index contributed by atoms with van der Waals surface area (Å²) in [7, 11) is 0. The molecule has 11 rings (SSSR count). The highest BCUT2D eigenvalue weighted by Gasteiger charge is 2.27. The SMILES string of the molecule is c1ccc(-c2oc3ccc4c5ccccc5oc4c3c2-c2c3ccccc3c(-c3cccc4oc5ccccc5c34)c3ccccc23)cc1. The molecule has 49 heavy (non-hydrogen) atoms. The van der Waals surface area contributed by atoms with Crippen LogP contribution in [-0.4, -0.2) is 0 Å². The zero-order valence-corrected chi connectivity index (χ0v) is 26.2. The van der Waals surface area contributed by atoms with Crippen molar-refractivity contribution in [2.75, 3.05) is 0 Å². The van der Waals surface area contributed by atoms with Crippen molar-refractivity contribution in [3.8, 4) is 33.6 Å². The smallest absolute Gasteiger partial charge is 0.147 e. The third kappa shape index (κ3) is 3.67. The second-order valence-corrected chi connectivity index (χ2v) is 12.7. The molecular formula is C46H26O3. The molecule has 0 aliphatic rings. The van der Waals surface area contributed by atoms with E-state index in [1.165, 1.54) is 16.3 Å². The maximum absolute atomic E-state index is 6.88. The Hall–Kier alpha value is -6.58. The number of para-hydroxylation sites is 2. The van der Waals surface area contributed by atoms with Gasteiger partial charge in [-0.25, -0.2) is 0 Å². The van der Waals surface area contributed by atoms with Crippen LogP contribution in [0, 0.1) is 0 Å². The summed E-state index contributed by atoms with van der Waals surface area (Å²) in [6.07, 6.45) is 0. The van der Waals surface area contributed by atoms with E-state index in [1.807, 2.05) is 30.3 Å². The summed E-state index contributed by atoms with van der Waals surface area (Å²) < 4.78 is 20.0. The Labute approximate surface area is 280 Å². The van der Waals surface area contributed by atoms with Gasteiger partial charge in [0.05, 0.1) is 5.39 Å². The van der Waals surface area contributed by atoms with Gasteiger partial charge in [-0.3, -0.25) is 0 Å². The average Bonchev–Trinajstić information content (AvgIpc) is 3.85. The minimum absolute atomic E-state index is 0.798. The molecule has 0 N–H and O–H groups in total. The molecule has 0 aliphatic heterocycles. The standard InChI is InChI=1S/C46H26O3/c1-2-13-27(14-3-1)45-44(43-39(49-45)26-25-33-28-15-8-10-22-36(28)48-46(33)43)42-31-18-6-4-16-29(31)40(30-17-5-7-19-32(30)42)35-21-12-24-38-41(35)34-20-9-11-23-37(34)47-38/h1-26H. The first-order valence-corrected chi connectivity index (χ1v) is 16.6. The molecule has 0 saturated carbocycles. The zero-order valence-electron chi connectivity index (χ0n) is 26.2. The molecular weight excluding hydrogens is 601 g/mol. The van der Waals surface area contributed by atoms with Crippen LogP contribution in [0.1, 0.15) is 0 Å². The van der Waals surface area contributed by atoms with Gasteiger partial charge in [0.2, 0.25) is 0 Å². The van der Waals surface area contributed by atoms with Gasteiger partial charge >= 0.3 is 0 Å². The normalized spacial score (nSPS) is 12.1. The molecule has 0 saturated heterocycles. The third-order valence-electron chi connectivity index (χ3n) is 10.1.